The molecule has 11 aromatic rings. The second kappa shape index (κ2) is 15.3. The van der Waals surface area contributed by atoms with Crippen molar-refractivity contribution in [3.63, 3.8) is 0 Å². The Kier molecular flexibility index (Phi) is 9.28. The lowest BCUT2D eigenvalue weighted by atomic mass is 9.58. The van der Waals surface area contributed by atoms with Crippen molar-refractivity contribution in [2.24, 2.45) is 0 Å². The third-order valence-corrected chi connectivity index (χ3v) is 16.0. The lowest BCUT2D eigenvalue weighted by Crippen LogP contribution is -2.37. The molecular formula is C65H58BN3O. The summed E-state index contributed by atoms with van der Waals surface area (Å²) in [6.07, 6.45) is 2.30. The fourth-order valence-corrected chi connectivity index (χ4v) is 12.1. The predicted octanol–water partition coefficient (Wildman–Crippen LogP) is 16.4. The van der Waals surface area contributed by atoms with Gasteiger partial charge in [0.05, 0.1) is 16.7 Å². The second-order valence-electron chi connectivity index (χ2n) is 22.6. The van der Waals surface area contributed by atoms with Gasteiger partial charge in [-0.25, -0.2) is 0 Å². The van der Waals surface area contributed by atoms with Crippen molar-refractivity contribution in [3.8, 4) is 16.8 Å². The third kappa shape index (κ3) is 6.65. The second-order valence-corrected chi connectivity index (χ2v) is 22.6. The van der Waals surface area contributed by atoms with Crippen molar-refractivity contribution in [2.45, 2.75) is 84.5 Å². The van der Waals surface area contributed by atoms with Crippen molar-refractivity contribution >= 4 is 101 Å². The van der Waals surface area contributed by atoms with Gasteiger partial charge in [0, 0.05) is 55.5 Å². The Balaban J connectivity index is 1.18. The summed E-state index contributed by atoms with van der Waals surface area (Å²) in [5.41, 5.74) is 21.4. The lowest BCUT2D eigenvalue weighted by molar-refractivity contribution is 0.332. The molecule has 1 aliphatic heterocycles. The number of hydrogen-bond acceptors (Lipinski definition) is 3. The van der Waals surface area contributed by atoms with Crippen molar-refractivity contribution in [2.75, 3.05) is 10.2 Å². The molecule has 0 bridgehead atoms. The summed E-state index contributed by atoms with van der Waals surface area (Å²) in [6, 6.07) is 63.6. The van der Waals surface area contributed by atoms with Crippen LogP contribution < -0.4 is 21.1 Å². The molecule has 70 heavy (non-hydrogen) atoms. The SMILES string of the molecule is Cc1ccc2c(c1)Bc1c(-c3cc4oc5cc6c(cc5c4cc3Nc3ccc(C(C)(C)C)cc3)C(C)(C)CCC6(C)C)cc(N(c3ccccc3)c3ccccc3)c3c4cc5ccccc5cc4n-2c13. The fraction of sp³-hybridized carbons (Fsp3) is 0.200. The molecule has 9 aromatic carbocycles. The largest absolute Gasteiger partial charge is 0.456 e. The topological polar surface area (TPSA) is 33.3 Å². The number of aryl methyl sites for hydroxylation is 1. The zero-order valence-corrected chi connectivity index (χ0v) is 41.6. The number of benzene rings is 9. The molecule has 0 fully saturated rings. The first-order chi connectivity index (χ1) is 33.7. The number of fused-ring (bicyclic) bond motifs is 10. The molecule has 0 spiro atoms. The van der Waals surface area contributed by atoms with Crippen LogP contribution in [0.25, 0.3) is 71.3 Å². The third-order valence-electron chi connectivity index (χ3n) is 16.0. The molecule has 0 amide bonds. The molecule has 2 aromatic heterocycles. The Morgan fingerprint density at radius 3 is 1.89 bits per heavy atom. The molecule has 0 atom stereocenters. The smallest absolute Gasteiger partial charge is 0.198 e. The number of nitrogens with one attached hydrogen (secondary N) is 1. The molecule has 0 radical (unpaired) electrons. The summed E-state index contributed by atoms with van der Waals surface area (Å²) < 4.78 is 9.72. The minimum atomic E-state index is 0.0383. The first-order valence-corrected chi connectivity index (χ1v) is 25.2. The average molecular weight is 908 g/mol. The minimum Gasteiger partial charge on any atom is -0.456 e. The van der Waals surface area contributed by atoms with Gasteiger partial charge in [0.25, 0.3) is 0 Å². The van der Waals surface area contributed by atoms with Crippen LogP contribution in [-0.2, 0) is 16.2 Å². The summed E-state index contributed by atoms with van der Waals surface area (Å²) in [7, 11) is 0.782. The van der Waals surface area contributed by atoms with Crippen LogP contribution in [0.2, 0.25) is 0 Å². The Morgan fingerprint density at radius 1 is 0.600 bits per heavy atom. The molecule has 1 aliphatic carbocycles. The van der Waals surface area contributed by atoms with E-state index in [1.54, 1.807) is 0 Å². The van der Waals surface area contributed by atoms with E-state index in [4.69, 9.17) is 4.42 Å². The van der Waals surface area contributed by atoms with Crippen LogP contribution in [0.15, 0.2) is 174 Å². The molecule has 2 aliphatic rings. The van der Waals surface area contributed by atoms with E-state index in [0.717, 1.165) is 70.7 Å². The van der Waals surface area contributed by atoms with Crippen LogP contribution in [0.3, 0.4) is 0 Å². The van der Waals surface area contributed by atoms with Gasteiger partial charge in [-0.05, 0) is 159 Å². The number of furan rings is 1. The first-order valence-electron chi connectivity index (χ1n) is 25.2. The molecular weight excluding hydrogens is 850 g/mol. The quantitative estimate of drug-likeness (QED) is 0.169. The van der Waals surface area contributed by atoms with E-state index >= 15 is 0 Å². The Bertz CT molecular complexity index is 3890. The van der Waals surface area contributed by atoms with Gasteiger partial charge in [-0.2, -0.15) is 0 Å². The normalized spacial score (nSPS) is 14.8. The maximum absolute atomic E-state index is 7.14. The van der Waals surface area contributed by atoms with E-state index in [2.05, 4.69) is 240 Å². The Hall–Kier alpha value is -7.50. The lowest BCUT2D eigenvalue weighted by Gasteiger charge is -2.41. The predicted molar refractivity (Wildman–Crippen MR) is 301 cm³/mol. The molecule has 3 heterocycles. The van der Waals surface area contributed by atoms with Crippen LogP contribution >= 0.6 is 0 Å². The number of para-hydroxylation sites is 2. The maximum Gasteiger partial charge on any atom is 0.198 e. The van der Waals surface area contributed by atoms with Crippen LogP contribution in [0, 0.1) is 6.92 Å². The number of anilines is 5. The molecule has 0 unspecified atom stereocenters. The average Bonchev–Trinajstić information content (AvgIpc) is 3.88. The van der Waals surface area contributed by atoms with Crippen molar-refractivity contribution in [1.29, 1.82) is 0 Å². The first kappa shape index (κ1) is 42.6. The van der Waals surface area contributed by atoms with Crippen LogP contribution in [0.4, 0.5) is 28.4 Å². The van der Waals surface area contributed by atoms with E-state index in [1.165, 1.54) is 82.4 Å². The summed E-state index contributed by atoms with van der Waals surface area (Å²) >= 11 is 0. The van der Waals surface area contributed by atoms with E-state index in [0.29, 0.717) is 0 Å². The van der Waals surface area contributed by atoms with E-state index in [-0.39, 0.29) is 16.2 Å². The highest BCUT2D eigenvalue weighted by molar-refractivity contribution is 6.73. The van der Waals surface area contributed by atoms with Gasteiger partial charge in [0.1, 0.15) is 11.2 Å². The van der Waals surface area contributed by atoms with Gasteiger partial charge in [-0.1, -0.05) is 144 Å². The number of rotatable bonds is 6. The van der Waals surface area contributed by atoms with Gasteiger partial charge >= 0.3 is 0 Å². The number of aromatic nitrogens is 1. The summed E-state index contributed by atoms with van der Waals surface area (Å²) in [5, 5.41) is 11.3. The summed E-state index contributed by atoms with van der Waals surface area (Å²) in [4.78, 5) is 2.47. The highest BCUT2D eigenvalue weighted by atomic mass is 16.3. The molecule has 1 N–H and O–H groups in total. The monoisotopic (exact) mass is 907 g/mol. The van der Waals surface area contributed by atoms with Crippen molar-refractivity contribution in [1.82, 2.24) is 4.57 Å². The van der Waals surface area contributed by atoms with E-state index in [1.807, 2.05) is 0 Å². The van der Waals surface area contributed by atoms with Crippen molar-refractivity contribution < 1.29 is 4.42 Å². The molecule has 342 valence electrons. The van der Waals surface area contributed by atoms with Crippen LogP contribution in [0.5, 0.6) is 0 Å². The van der Waals surface area contributed by atoms with Gasteiger partial charge < -0.3 is 19.2 Å². The summed E-state index contributed by atoms with van der Waals surface area (Å²) in [5.74, 6) is 0. The van der Waals surface area contributed by atoms with Crippen molar-refractivity contribution in [3.05, 3.63) is 192 Å². The Labute approximate surface area is 411 Å². The van der Waals surface area contributed by atoms with Crippen LogP contribution in [-0.4, -0.2) is 11.8 Å². The maximum atomic E-state index is 7.14. The number of nitrogens with zero attached hydrogens (tertiary/aromatic N) is 2. The highest BCUT2D eigenvalue weighted by Crippen LogP contribution is 2.51. The summed E-state index contributed by atoms with van der Waals surface area (Å²) in [6.45, 7) is 18.7. The molecule has 0 saturated carbocycles. The van der Waals surface area contributed by atoms with Gasteiger partial charge in [-0.15, -0.1) is 0 Å². The van der Waals surface area contributed by atoms with Gasteiger partial charge in [-0.3, -0.25) is 0 Å². The zero-order chi connectivity index (χ0) is 47.8. The Morgan fingerprint density at radius 2 is 1.21 bits per heavy atom. The standard InChI is InChI=1S/C65H58BN3O/c1-39-23-28-55-53(31-39)66-61-49(36-57(68(44-19-11-9-12-20-44)45-21-13-10-14-22-45)60-50-32-40-17-15-16-18-41(40)33-56(50)69(55)62(60)61)46-37-58-48(35-54(46)67-43-26-24-42(25-27-43)63(2,3)4)47-34-51-52(38-59(47)70-58)65(7,8)30-29-64(51,5)6/h9-28,31-38,66-67H,29-30H2,1-8H3. The van der Waals surface area contributed by atoms with E-state index < -0.39 is 0 Å². The molecule has 13 rings (SSSR count). The fourth-order valence-electron chi connectivity index (χ4n) is 12.1. The minimum absolute atomic E-state index is 0.0383. The highest BCUT2D eigenvalue weighted by Gasteiger charge is 2.38. The van der Waals surface area contributed by atoms with Gasteiger partial charge in [0.2, 0.25) is 0 Å². The molecule has 0 saturated heterocycles. The zero-order valence-electron chi connectivity index (χ0n) is 41.6. The van der Waals surface area contributed by atoms with Gasteiger partial charge in [0.15, 0.2) is 7.28 Å². The molecule has 5 heteroatoms. The van der Waals surface area contributed by atoms with Crippen LogP contribution in [0.1, 0.15) is 83.6 Å². The number of hydrogen-bond donors (Lipinski definition) is 1. The van der Waals surface area contributed by atoms with E-state index in [9.17, 15) is 0 Å². The molecule has 4 nitrogen and oxygen atoms in total.